The Morgan fingerprint density at radius 1 is 1.29 bits per heavy atom. The molecule has 0 aliphatic heterocycles. The van der Waals surface area contributed by atoms with Gasteiger partial charge in [0, 0.05) is 10.6 Å². The summed E-state index contributed by atoms with van der Waals surface area (Å²) in [6.07, 6.45) is -5.74. The number of ketones is 1. The number of alkyl halides is 3. The largest absolute Gasteiger partial charge is 0.481 e. The Labute approximate surface area is 98.8 Å². The summed E-state index contributed by atoms with van der Waals surface area (Å²) >= 11 is 5.48. The lowest BCUT2D eigenvalue weighted by Crippen LogP contribution is -2.15. The summed E-state index contributed by atoms with van der Waals surface area (Å²) in [5.74, 6) is -2.63. The molecule has 0 aliphatic rings. The molecule has 1 aromatic rings. The van der Waals surface area contributed by atoms with Crippen molar-refractivity contribution >= 4 is 23.4 Å². The summed E-state index contributed by atoms with van der Waals surface area (Å²) < 4.78 is 37.6. The van der Waals surface area contributed by atoms with Crippen LogP contribution in [0.5, 0.6) is 0 Å². The van der Waals surface area contributed by atoms with Crippen molar-refractivity contribution in [2.24, 2.45) is 0 Å². The molecule has 0 radical (unpaired) electrons. The van der Waals surface area contributed by atoms with E-state index in [-0.39, 0.29) is 5.02 Å². The predicted octanol–water partition coefficient (Wildman–Crippen LogP) is 3.02. The normalized spacial score (nSPS) is 11.3. The Bertz CT molecular complexity index is 468. The minimum atomic E-state index is -4.73. The van der Waals surface area contributed by atoms with Crippen molar-refractivity contribution in [2.45, 2.75) is 12.6 Å². The number of aliphatic carboxylic acids is 1. The topological polar surface area (TPSA) is 54.4 Å². The van der Waals surface area contributed by atoms with Crippen LogP contribution in [0.4, 0.5) is 13.2 Å². The number of hydrogen-bond donors (Lipinski definition) is 1. The molecule has 0 aromatic heterocycles. The lowest BCUT2D eigenvalue weighted by atomic mass is 10.0. The third-order valence-corrected chi connectivity index (χ3v) is 2.13. The van der Waals surface area contributed by atoms with Gasteiger partial charge < -0.3 is 5.11 Å². The Morgan fingerprint density at radius 3 is 2.35 bits per heavy atom. The number of carboxylic acids is 1. The molecule has 0 fully saturated rings. The Hall–Kier alpha value is -1.56. The van der Waals surface area contributed by atoms with E-state index in [1.165, 1.54) is 0 Å². The van der Waals surface area contributed by atoms with Crippen LogP contribution < -0.4 is 0 Å². The molecule has 3 nitrogen and oxygen atoms in total. The molecule has 17 heavy (non-hydrogen) atoms. The first-order chi connectivity index (χ1) is 7.71. The van der Waals surface area contributed by atoms with Gasteiger partial charge in [-0.1, -0.05) is 11.6 Å². The second kappa shape index (κ2) is 4.75. The van der Waals surface area contributed by atoms with Gasteiger partial charge in [0.15, 0.2) is 5.78 Å². The van der Waals surface area contributed by atoms with Crippen LogP contribution in [0.2, 0.25) is 5.02 Å². The first-order valence-corrected chi connectivity index (χ1v) is 4.71. The number of carbonyl (C=O) groups excluding carboxylic acids is 1. The molecular weight excluding hydrogens is 261 g/mol. The van der Waals surface area contributed by atoms with Crippen molar-refractivity contribution in [3.63, 3.8) is 0 Å². The average Bonchev–Trinajstić information content (AvgIpc) is 2.14. The molecule has 0 saturated heterocycles. The highest BCUT2D eigenvalue weighted by atomic mass is 35.5. The molecular formula is C10H6ClF3O3. The number of carbonyl (C=O) groups is 2. The van der Waals surface area contributed by atoms with E-state index >= 15 is 0 Å². The van der Waals surface area contributed by atoms with Crippen molar-refractivity contribution in [2.75, 3.05) is 0 Å². The molecule has 0 unspecified atom stereocenters. The third kappa shape index (κ3) is 3.45. The molecule has 0 saturated carbocycles. The highest BCUT2D eigenvalue weighted by Gasteiger charge is 2.35. The predicted molar refractivity (Wildman–Crippen MR) is 53.0 cm³/mol. The molecule has 0 atom stereocenters. The SMILES string of the molecule is O=C(O)CC(=O)c1cc(Cl)ccc1C(F)(F)F. The van der Waals surface area contributed by atoms with Crippen LogP contribution in [0.3, 0.4) is 0 Å². The summed E-state index contributed by atoms with van der Waals surface area (Å²) in [7, 11) is 0. The standard InChI is InChI=1S/C10H6ClF3O3/c11-5-1-2-7(10(12,13)14)6(3-5)8(15)4-9(16)17/h1-3H,4H2,(H,16,17). The van der Waals surface area contributed by atoms with Gasteiger partial charge in [0.2, 0.25) is 0 Å². The van der Waals surface area contributed by atoms with Crippen LogP contribution in [0.25, 0.3) is 0 Å². The van der Waals surface area contributed by atoms with Crippen LogP contribution in [0, 0.1) is 0 Å². The Morgan fingerprint density at radius 2 is 1.88 bits per heavy atom. The van der Waals surface area contributed by atoms with E-state index < -0.39 is 35.5 Å². The van der Waals surface area contributed by atoms with E-state index in [4.69, 9.17) is 16.7 Å². The lowest BCUT2D eigenvalue weighted by Gasteiger charge is -2.11. The third-order valence-electron chi connectivity index (χ3n) is 1.90. The van der Waals surface area contributed by atoms with Gasteiger partial charge >= 0.3 is 12.1 Å². The van der Waals surface area contributed by atoms with Crippen molar-refractivity contribution < 1.29 is 27.9 Å². The minimum Gasteiger partial charge on any atom is -0.481 e. The highest BCUT2D eigenvalue weighted by molar-refractivity contribution is 6.31. The molecule has 1 rings (SSSR count). The maximum absolute atomic E-state index is 12.5. The molecule has 0 amide bonds. The number of hydrogen-bond acceptors (Lipinski definition) is 2. The van der Waals surface area contributed by atoms with E-state index in [9.17, 15) is 22.8 Å². The number of benzene rings is 1. The molecule has 7 heteroatoms. The van der Waals surface area contributed by atoms with Crippen LogP contribution in [-0.2, 0) is 11.0 Å². The van der Waals surface area contributed by atoms with E-state index in [1.54, 1.807) is 0 Å². The molecule has 92 valence electrons. The average molecular weight is 267 g/mol. The fourth-order valence-electron chi connectivity index (χ4n) is 1.23. The number of carboxylic acid groups (broad SMARTS) is 1. The van der Waals surface area contributed by atoms with Gasteiger partial charge in [0.1, 0.15) is 6.42 Å². The molecule has 0 spiro atoms. The van der Waals surface area contributed by atoms with Crippen molar-refractivity contribution in [1.29, 1.82) is 0 Å². The monoisotopic (exact) mass is 266 g/mol. The van der Waals surface area contributed by atoms with Crippen molar-refractivity contribution in [3.8, 4) is 0 Å². The summed E-state index contributed by atoms with van der Waals surface area (Å²) in [5, 5.41) is 8.31. The molecule has 0 bridgehead atoms. The zero-order valence-electron chi connectivity index (χ0n) is 8.21. The van der Waals surface area contributed by atoms with E-state index in [1.807, 2.05) is 0 Å². The smallest absolute Gasteiger partial charge is 0.417 e. The van der Waals surface area contributed by atoms with Gasteiger partial charge in [-0.15, -0.1) is 0 Å². The van der Waals surface area contributed by atoms with Gasteiger partial charge in [-0.05, 0) is 18.2 Å². The van der Waals surface area contributed by atoms with Crippen molar-refractivity contribution in [3.05, 3.63) is 34.3 Å². The van der Waals surface area contributed by atoms with Gasteiger partial charge in [-0.2, -0.15) is 13.2 Å². The van der Waals surface area contributed by atoms with Gasteiger partial charge in [-0.3, -0.25) is 9.59 Å². The maximum Gasteiger partial charge on any atom is 0.417 e. The summed E-state index contributed by atoms with van der Waals surface area (Å²) in [5.41, 5.74) is -1.92. The fraction of sp³-hybridized carbons (Fsp3) is 0.200. The fourth-order valence-corrected chi connectivity index (χ4v) is 1.40. The zero-order chi connectivity index (χ0) is 13.2. The second-order valence-electron chi connectivity index (χ2n) is 3.18. The van der Waals surface area contributed by atoms with Crippen LogP contribution >= 0.6 is 11.6 Å². The van der Waals surface area contributed by atoms with Gasteiger partial charge in [0.25, 0.3) is 0 Å². The number of Topliss-reactive ketones (excluding diaryl/α,β-unsaturated/α-hetero) is 1. The summed E-state index contributed by atoms with van der Waals surface area (Å²) in [6, 6.07) is 2.45. The van der Waals surface area contributed by atoms with Crippen molar-refractivity contribution in [1.82, 2.24) is 0 Å². The quantitative estimate of drug-likeness (QED) is 0.676. The Kier molecular flexibility index (Phi) is 3.77. The molecule has 0 heterocycles. The zero-order valence-corrected chi connectivity index (χ0v) is 8.97. The van der Waals surface area contributed by atoms with Gasteiger partial charge in [0.05, 0.1) is 5.56 Å². The van der Waals surface area contributed by atoms with Gasteiger partial charge in [-0.25, -0.2) is 0 Å². The minimum absolute atomic E-state index is 0.0632. The first kappa shape index (κ1) is 13.5. The molecule has 1 aromatic carbocycles. The van der Waals surface area contributed by atoms with E-state index in [0.717, 1.165) is 12.1 Å². The lowest BCUT2D eigenvalue weighted by molar-refractivity contribution is -0.139. The summed E-state index contributed by atoms with van der Waals surface area (Å²) in [4.78, 5) is 21.6. The number of halogens is 4. The summed E-state index contributed by atoms with van der Waals surface area (Å²) in [6.45, 7) is 0. The Balaban J connectivity index is 3.25. The number of rotatable bonds is 3. The first-order valence-electron chi connectivity index (χ1n) is 4.33. The molecule has 0 aliphatic carbocycles. The van der Waals surface area contributed by atoms with E-state index in [0.29, 0.717) is 6.07 Å². The van der Waals surface area contributed by atoms with Crippen LogP contribution in [0.1, 0.15) is 22.3 Å². The van der Waals surface area contributed by atoms with Crippen LogP contribution in [-0.4, -0.2) is 16.9 Å². The maximum atomic E-state index is 12.5. The highest BCUT2D eigenvalue weighted by Crippen LogP contribution is 2.33. The molecule has 1 N–H and O–H groups in total. The second-order valence-corrected chi connectivity index (χ2v) is 3.62. The van der Waals surface area contributed by atoms with E-state index in [2.05, 4.69) is 0 Å². The van der Waals surface area contributed by atoms with Crippen LogP contribution in [0.15, 0.2) is 18.2 Å².